The summed E-state index contributed by atoms with van der Waals surface area (Å²) in [5.74, 6) is -0.0574. The van der Waals surface area contributed by atoms with Crippen LogP contribution in [0.1, 0.15) is 30.1 Å². The molecule has 5 nitrogen and oxygen atoms in total. The predicted octanol–water partition coefficient (Wildman–Crippen LogP) is 3.46. The predicted molar refractivity (Wildman–Crippen MR) is 103 cm³/mol. The van der Waals surface area contributed by atoms with E-state index in [0.717, 1.165) is 29.4 Å². The number of nitrogens with one attached hydrogen (secondary N) is 2. The van der Waals surface area contributed by atoms with Crippen LogP contribution >= 0.6 is 0 Å². The van der Waals surface area contributed by atoms with Crippen molar-refractivity contribution in [2.24, 2.45) is 0 Å². The minimum Gasteiger partial charge on any atom is -0.357 e. The lowest BCUT2D eigenvalue weighted by Gasteiger charge is -2.13. The van der Waals surface area contributed by atoms with Gasteiger partial charge in [0.15, 0.2) is 0 Å². The number of amides is 1. The fraction of sp³-hybridized carbons (Fsp3) is 0.238. The summed E-state index contributed by atoms with van der Waals surface area (Å²) in [4.78, 5) is 28.4. The first-order chi connectivity index (χ1) is 12.7. The zero-order chi connectivity index (χ0) is 18.1. The zero-order valence-corrected chi connectivity index (χ0v) is 14.7. The Hall–Kier alpha value is -3.08. The van der Waals surface area contributed by atoms with E-state index < -0.39 is 0 Å². The Morgan fingerprint density at radius 3 is 2.85 bits per heavy atom. The highest BCUT2D eigenvalue weighted by Crippen LogP contribution is 2.30. The molecule has 5 heteroatoms. The SMILES string of the molecule is CC=CCn1cc(-c2ccccc2C(=O)NC2CC2)c2cc[nH]c2c1=O. The molecule has 2 aromatic heterocycles. The number of pyridine rings is 1. The molecule has 2 N–H and O–H groups in total. The third-order valence-corrected chi connectivity index (χ3v) is 4.71. The van der Waals surface area contributed by atoms with Crippen molar-refractivity contribution >= 4 is 16.8 Å². The first kappa shape index (κ1) is 16.4. The second-order valence-electron chi connectivity index (χ2n) is 6.63. The van der Waals surface area contributed by atoms with Crippen LogP contribution in [-0.4, -0.2) is 21.5 Å². The molecular formula is C21H21N3O2. The number of benzene rings is 1. The number of hydrogen-bond donors (Lipinski definition) is 2. The number of allylic oxidation sites excluding steroid dienone is 2. The maximum atomic E-state index is 12.7. The number of aromatic nitrogens is 2. The lowest BCUT2D eigenvalue weighted by atomic mass is 9.98. The largest absolute Gasteiger partial charge is 0.357 e. The average Bonchev–Trinajstić information content (AvgIpc) is 3.33. The Labute approximate surface area is 151 Å². The van der Waals surface area contributed by atoms with Gasteiger partial charge in [0, 0.05) is 41.5 Å². The number of aromatic amines is 1. The van der Waals surface area contributed by atoms with Gasteiger partial charge >= 0.3 is 0 Å². The highest BCUT2D eigenvalue weighted by molar-refractivity contribution is 6.05. The fourth-order valence-electron chi connectivity index (χ4n) is 3.17. The van der Waals surface area contributed by atoms with Crippen LogP contribution in [0.3, 0.4) is 0 Å². The first-order valence-corrected chi connectivity index (χ1v) is 8.91. The lowest BCUT2D eigenvalue weighted by molar-refractivity contribution is 0.0951. The van der Waals surface area contributed by atoms with E-state index in [1.54, 1.807) is 10.8 Å². The third-order valence-electron chi connectivity index (χ3n) is 4.71. The van der Waals surface area contributed by atoms with Crippen molar-refractivity contribution in [1.82, 2.24) is 14.9 Å². The van der Waals surface area contributed by atoms with E-state index >= 15 is 0 Å². The molecule has 0 spiro atoms. The van der Waals surface area contributed by atoms with Crippen LogP contribution in [-0.2, 0) is 6.54 Å². The second-order valence-corrected chi connectivity index (χ2v) is 6.63. The second kappa shape index (κ2) is 6.67. The quantitative estimate of drug-likeness (QED) is 0.694. The van der Waals surface area contributed by atoms with E-state index in [9.17, 15) is 9.59 Å². The molecule has 1 aliphatic rings. The maximum absolute atomic E-state index is 12.7. The molecule has 3 aromatic rings. The summed E-state index contributed by atoms with van der Waals surface area (Å²) in [6.07, 6.45) is 9.56. The van der Waals surface area contributed by atoms with Crippen molar-refractivity contribution in [3.05, 3.63) is 70.8 Å². The summed E-state index contributed by atoms with van der Waals surface area (Å²) in [7, 11) is 0. The topological polar surface area (TPSA) is 66.9 Å². The van der Waals surface area contributed by atoms with Gasteiger partial charge in [-0.1, -0.05) is 30.4 Å². The van der Waals surface area contributed by atoms with Crippen molar-refractivity contribution in [2.45, 2.75) is 32.4 Å². The Bertz CT molecular complexity index is 1050. The van der Waals surface area contributed by atoms with Crippen LogP contribution < -0.4 is 10.9 Å². The molecule has 26 heavy (non-hydrogen) atoms. The number of carbonyl (C=O) groups is 1. The van der Waals surface area contributed by atoms with Crippen LogP contribution in [0.5, 0.6) is 0 Å². The monoisotopic (exact) mass is 347 g/mol. The fourth-order valence-corrected chi connectivity index (χ4v) is 3.17. The van der Waals surface area contributed by atoms with Gasteiger partial charge in [-0.2, -0.15) is 0 Å². The van der Waals surface area contributed by atoms with E-state index in [0.29, 0.717) is 23.7 Å². The molecular weight excluding hydrogens is 326 g/mol. The number of fused-ring (bicyclic) bond motifs is 1. The van der Waals surface area contributed by atoms with Gasteiger partial charge < -0.3 is 14.9 Å². The summed E-state index contributed by atoms with van der Waals surface area (Å²) in [5.41, 5.74) is 2.85. The number of H-pyrrole nitrogens is 1. The molecule has 0 atom stereocenters. The molecule has 132 valence electrons. The van der Waals surface area contributed by atoms with E-state index in [-0.39, 0.29) is 11.5 Å². The Kier molecular flexibility index (Phi) is 4.21. The van der Waals surface area contributed by atoms with E-state index in [1.807, 2.05) is 55.6 Å². The standard InChI is InChI=1S/C21H21N3O2/c1-2-3-12-24-13-18(16-10-11-22-19(16)21(24)26)15-6-4-5-7-17(15)20(25)23-14-8-9-14/h2-7,10-11,13-14,22H,8-9,12H2,1H3,(H,23,25). The van der Waals surface area contributed by atoms with E-state index in [2.05, 4.69) is 10.3 Å². The van der Waals surface area contributed by atoms with Crippen LogP contribution in [0, 0.1) is 0 Å². The van der Waals surface area contributed by atoms with E-state index in [1.165, 1.54) is 0 Å². The number of rotatable bonds is 5. The molecule has 2 heterocycles. The molecule has 1 aliphatic carbocycles. The smallest absolute Gasteiger partial charge is 0.275 e. The molecule has 0 bridgehead atoms. The average molecular weight is 347 g/mol. The molecule has 0 aliphatic heterocycles. The van der Waals surface area contributed by atoms with Gasteiger partial charge in [-0.25, -0.2) is 0 Å². The van der Waals surface area contributed by atoms with Crippen molar-refractivity contribution in [3.63, 3.8) is 0 Å². The molecule has 1 aromatic carbocycles. The first-order valence-electron chi connectivity index (χ1n) is 8.91. The van der Waals surface area contributed by atoms with Crippen molar-refractivity contribution in [3.8, 4) is 11.1 Å². The van der Waals surface area contributed by atoms with Crippen LogP contribution in [0.2, 0.25) is 0 Å². The summed E-state index contributed by atoms with van der Waals surface area (Å²) in [6, 6.07) is 9.76. The number of hydrogen-bond acceptors (Lipinski definition) is 2. The van der Waals surface area contributed by atoms with Gasteiger partial charge in [-0.3, -0.25) is 9.59 Å². The van der Waals surface area contributed by atoms with Gasteiger partial charge in [-0.15, -0.1) is 0 Å². The minimum atomic E-state index is -0.0632. The summed E-state index contributed by atoms with van der Waals surface area (Å²) < 4.78 is 1.67. The Morgan fingerprint density at radius 2 is 2.08 bits per heavy atom. The highest BCUT2D eigenvalue weighted by Gasteiger charge is 2.25. The van der Waals surface area contributed by atoms with Crippen molar-refractivity contribution < 1.29 is 4.79 Å². The molecule has 1 fully saturated rings. The Balaban J connectivity index is 1.89. The maximum Gasteiger partial charge on any atom is 0.275 e. The van der Waals surface area contributed by atoms with Crippen LogP contribution in [0.25, 0.3) is 22.0 Å². The Morgan fingerprint density at radius 1 is 1.27 bits per heavy atom. The van der Waals surface area contributed by atoms with Gasteiger partial charge in [0.1, 0.15) is 5.52 Å². The summed E-state index contributed by atoms with van der Waals surface area (Å²) in [6.45, 7) is 2.42. The third kappa shape index (κ3) is 2.96. The van der Waals surface area contributed by atoms with E-state index in [4.69, 9.17) is 0 Å². The van der Waals surface area contributed by atoms with Gasteiger partial charge in [0.05, 0.1) is 0 Å². The van der Waals surface area contributed by atoms with Crippen molar-refractivity contribution in [2.75, 3.05) is 0 Å². The highest BCUT2D eigenvalue weighted by atomic mass is 16.1. The van der Waals surface area contributed by atoms with Crippen LogP contribution in [0.15, 0.2) is 59.7 Å². The number of nitrogens with zero attached hydrogens (tertiary/aromatic N) is 1. The summed E-state index contributed by atoms with van der Waals surface area (Å²) in [5, 5.41) is 3.89. The van der Waals surface area contributed by atoms with Gasteiger partial charge in [0.25, 0.3) is 11.5 Å². The molecule has 1 saturated carbocycles. The lowest BCUT2D eigenvalue weighted by Crippen LogP contribution is -2.26. The molecule has 4 rings (SSSR count). The van der Waals surface area contributed by atoms with Gasteiger partial charge in [-0.05, 0) is 37.5 Å². The molecule has 1 amide bonds. The summed E-state index contributed by atoms with van der Waals surface area (Å²) >= 11 is 0. The number of carbonyl (C=O) groups excluding carboxylic acids is 1. The molecule has 0 radical (unpaired) electrons. The van der Waals surface area contributed by atoms with Crippen molar-refractivity contribution in [1.29, 1.82) is 0 Å². The van der Waals surface area contributed by atoms with Crippen LogP contribution in [0.4, 0.5) is 0 Å². The van der Waals surface area contributed by atoms with Gasteiger partial charge in [0.2, 0.25) is 0 Å². The minimum absolute atomic E-state index is 0.0574. The zero-order valence-electron chi connectivity index (χ0n) is 14.7. The molecule has 0 saturated heterocycles. The normalized spacial score (nSPS) is 14.2. The molecule has 0 unspecified atom stereocenters.